The number of methoxy groups -OCH3 is 1. The Morgan fingerprint density at radius 3 is 2.78 bits per heavy atom. The number of benzene rings is 2. The van der Waals surface area contributed by atoms with E-state index in [4.69, 9.17) is 16.3 Å². The lowest BCUT2D eigenvalue weighted by Crippen LogP contribution is -2.38. The molecule has 1 aliphatic heterocycles. The molecule has 2 aromatic carbocycles. The van der Waals surface area contributed by atoms with Crippen molar-refractivity contribution in [3.63, 3.8) is 0 Å². The van der Waals surface area contributed by atoms with Gasteiger partial charge < -0.3 is 10.1 Å². The van der Waals surface area contributed by atoms with Gasteiger partial charge in [0.15, 0.2) is 0 Å². The molecule has 1 fully saturated rings. The van der Waals surface area contributed by atoms with Gasteiger partial charge in [0.2, 0.25) is 10.0 Å². The van der Waals surface area contributed by atoms with Crippen LogP contribution in [0.4, 0.5) is 5.69 Å². The first-order valence-corrected chi connectivity index (χ1v) is 10.6. The third-order valence-corrected chi connectivity index (χ3v) is 6.59. The first-order valence-electron chi connectivity index (χ1n) is 8.62. The van der Waals surface area contributed by atoms with Crippen LogP contribution >= 0.6 is 11.6 Å². The molecule has 3 rings (SSSR count). The van der Waals surface area contributed by atoms with Crippen molar-refractivity contribution in [2.45, 2.75) is 19.4 Å². The molecule has 0 spiro atoms. The fourth-order valence-electron chi connectivity index (χ4n) is 2.97. The largest absolute Gasteiger partial charge is 0.497 e. The van der Waals surface area contributed by atoms with E-state index >= 15 is 0 Å². The van der Waals surface area contributed by atoms with E-state index in [9.17, 15) is 13.2 Å². The Hall–Kier alpha value is -2.25. The molecule has 0 aliphatic carbocycles. The van der Waals surface area contributed by atoms with Crippen molar-refractivity contribution in [3.05, 3.63) is 58.6 Å². The van der Waals surface area contributed by atoms with Gasteiger partial charge in [0.05, 0.1) is 23.6 Å². The molecule has 1 aliphatic rings. The molecule has 8 heteroatoms. The number of nitrogens with zero attached hydrogens (tertiary/aromatic N) is 1. The summed E-state index contributed by atoms with van der Waals surface area (Å²) in [6, 6.07) is 12.1. The van der Waals surface area contributed by atoms with Gasteiger partial charge in [-0.3, -0.25) is 9.10 Å². The first-order chi connectivity index (χ1) is 12.9. The van der Waals surface area contributed by atoms with Crippen LogP contribution in [0.5, 0.6) is 5.75 Å². The topological polar surface area (TPSA) is 75.7 Å². The number of sulfonamides is 1. The van der Waals surface area contributed by atoms with Crippen molar-refractivity contribution in [1.82, 2.24) is 5.32 Å². The molecule has 0 atom stereocenters. The van der Waals surface area contributed by atoms with Crippen molar-refractivity contribution in [2.75, 3.05) is 23.7 Å². The van der Waals surface area contributed by atoms with Gasteiger partial charge in [0.1, 0.15) is 5.75 Å². The van der Waals surface area contributed by atoms with Crippen LogP contribution in [0.15, 0.2) is 42.5 Å². The van der Waals surface area contributed by atoms with Crippen LogP contribution < -0.4 is 14.4 Å². The summed E-state index contributed by atoms with van der Waals surface area (Å²) in [7, 11) is -1.82. The highest BCUT2D eigenvalue weighted by Gasteiger charge is 2.28. The highest BCUT2D eigenvalue weighted by atomic mass is 35.5. The predicted octanol–water partition coefficient (Wildman–Crippen LogP) is 3.21. The van der Waals surface area contributed by atoms with Crippen molar-refractivity contribution >= 4 is 33.2 Å². The Morgan fingerprint density at radius 2 is 2.04 bits per heavy atom. The summed E-state index contributed by atoms with van der Waals surface area (Å²) in [5.41, 5.74) is 1.61. The quantitative estimate of drug-likeness (QED) is 0.824. The van der Waals surface area contributed by atoms with Crippen molar-refractivity contribution in [2.24, 2.45) is 0 Å². The summed E-state index contributed by atoms with van der Waals surface area (Å²) in [4.78, 5) is 12.5. The summed E-state index contributed by atoms with van der Waals surface area (Å²) in [5, 5.41) is 3.14. The molecule has 1 saturated heterocycles. The summed E-state index contributed by atoms with van der Waals surface area (Å²) in [5.74, 6) is 0.506. The Balaban J connectivity index is 1.77. The third kappa shape index (κ3) is 4.54. The second-order valence-electron chi connectivity index (χ2n) is 6.30. The standard InChI is InChI=1S/C19H21ClN2O4S/c1-26-16-6-4-5-14(11-16)13-21-19(23)15-7-8-17(20)18(12-15)22-9-2-3-10-27(22,24)25/h4-8,11-12H,2-3,9-10,13H2,1H3,(H,21,23). The van der Waals surface area contributed by atoms with E-state index in [-0.39, 0.29) is 11.7 Å². The average Bonchev–Trinajstić information content (AvgIpc) is 2.66. The Morgan fingerprint density at radius 1 is 1.22 bits per heavy atom. The van der Waals surface area contributed by atoms with Gasteiger partial charge in [-0.05, 0) is 48.7 Å². The number of hydrogen-bond acceptors (Lipinski definition) is 4. The zero-order chi connectivity index (χ0) is 19.4. The highest BCUT2D eigenvalue weighted by Crippen LogP contribution is 2.31. The summed E-state index contributed by atoms with van der Waals surface area (Å²) in [6.45, 7) is 0.701. The van der Waals surface area contributed by atoms with Gasteiger partial charge in [-0.1, -0.05) is 23.7 Å². The van der Waals surface area contributed by atoms with Gasteiger partial charge in [0, 0.05) is 18.7 Å². The van der Waals surface area contributed by atoms with E-state index in [0.29, 0.717) is 41.5 Å². The van der Waals surface area contributed by atoms with Crippen LogP contribution in [0, 0.1) is 0 Å². The fourth-order valence-corrected chi connectivity index (χ4v) is 4.89. The number of hydrogen-bond donors (Lipinski definition) is 1. The van der Waals surface area contributed by atoms with Gasteiger partial charge in [-0.25, -0.2) is 8.42 Å². The molecule has 2 aromatic rings. The molecule has 0 radical (unpaired) electrons. The van der Waals surface area contributed by atoms with E-state index in [1.807, 2.05) is 24.3 Å². The maximum absolute atomic E-state index is 12.5. The molecule has 1 amide bonds. The molecule has 6 nitrogen and oxygen atoms in total. The number of anilines is 1. The molecule has 0 bridgehead atoms. The fraction of sp³-hybridized carbons (Fsp3) is 0.316. The zero-order valence-corrected chi connectivity index (χ0v) is 16.5. The molecule has 1 heterocycles. The summed E-state index contributed by atoms with van der Waals surface area (Å²) in [6.07, 6.45) is 1.40. The van der Waals surface area contributed by atoms with Gasteiger partial charge >= 0.3 is 0 Å². The summed E-state index contributed by atoms with van der Waals surface area (Å²) >= 11 is 6.22. The number of nitrogens with one attached hydrogen (secondary N) is 1. The Labute approximate surface area is 164 Å². The zero-order valence-electron chi connectivity index (χ0n) is 14.9. The van der Waals surface area contributed by atoms with Crippen molar-refractivity contribution < 1.29 is 17.9 Å². The lowest BCUT2D eigenvalue weighted by molar-refractivity contribution is 0.0951. The van der Waals surface area contributed by atoms with E-state index < -0.39 is 10.0 Å². The van der Waals surface area contributed by atoms with E-state index in [1.54, 1.807) is 19.2 Å². The lowest BCUT2D eigenvalue weighted by atomic mass is 10.1. The first kappa shape index (κ1) is 19.5. The van der Waals surface area contributed by atoms with Gasteiger partial charge in [-0.2, -0.15) is 0 Å². The molecular weight excluding hydrogens is 388 g/mol. The van der Waals surface area contributed by atoms with Crippen LogP contribution in [0.1, 0.15) is 28.8 Å². The monoisotopic (exact) mass is 408 g/mol. The highest BCUT2D eigenvalue weighted by molar-refractivity contribution is 7.92. The normalized spacial score (nSPS) is 16.0. The van der Waals surface area contributed by atoms with Gasteiger partial charge in [-0.15, -0.1) is 0 Å². The van der Waals surface area contributed by atoms with Crippen molar-refractivity contribution in [1.29, 1.82) is 0 Å². The maximum atomic E-state index is 12.5. The van der Waals surface area contributed by atoms with Gasteiger partial charge in [0.25, 0.3) is 5.91 Å². The second kappa shape index (κ2) is 8.19. The van der Waals surface area contributed by atoms with E-state index in [2.05, 4.69) is 5.32 Å². The number of ether oxygens (including phenoxy) is 1. The molecule has 1 N–H and O–H groups in total. The number of amides is 1. The summed E-state index contributed by atoms with van der Waals surface area (Å²) < 4.78 is 31.2. The molecule has 0 saturated carbocycles. The molecule has 27 heavy (non-hydrogen) atoms. The number of rotatable bonds is 5. The molecule has 0 unspecified atom stereocenters. The second-order valence-corrected chi connectivity index (χ2v) is 8.72. The van der Waals surface area contributed by atoms with E-state index in [1.165, 1.54) is 10.4 Å². The predicted molar refractivity (Wildman–Crippen MR) is 106 cm³/mol. The smallest absolute Gasteiger partial charge is 0.251 e. The molecule has 144 valence electrons. The molecular formula is C19H21ClN2O4S. The van der Waals surface area contributed by atoms with Crippen molar-refractivity contribution in [3.8, 4) is 5.75 Å². The number of carbonyl (C=O) groups is 1. The average molecular weight is 409 g/mol. The van der Waals surface area contributed by atoms with Crippen LogP contribution in [0.3, 0.4) is 0 Å². The third-order valence-electron chi connectivity index (χ3n) is 4.41. The molecule has 0 aromatic heterocycles. The minimum absolute atomic E-state index is 0.0929. The number of halogens is 1. The van der Waals surface area contributed by atoms with Crippen LogP contribution in [-0.4, -0.2) is 33.7 Å². The minimum Gasteiger partial charge on any atom is -0.497 e. The lowest BCUT2D eigenvalue weighted by Gasteiger charge is -2.29. The van der Waals surface area contributed by atoms with Crippen LogP contribution in [-0.2, 0) is 16.6 Å². The van der Waals surface area contributed by atoms with Crippen LogP contribution in [0.25, 0.3) is 0 Å². The van der Waals surface area contributed by atoms with E-state index in [0.717, 1.165) is 12.0 Å². The minimum atomic E-state index is -3.40. The maximum Gasteiger partial charge on any atom is 0.251 e. The SMILES string of the molecule is COc1cccc(CNC(=O)c2ccc(Cl)c(N3CCCCS3(=O)=O)c2)c1. The Kier molecular flexibility index (Phi) is 5.92. The number of carbonyl (C=O) groups excluding carboxylic acids is 1. The Bertz CT molecular complexity index is 946. The van der Waals surface area contributed by atoms with Crippen LogP contribution in [0.2, 0.25) is 5.02 Å².